The molecule has 0 atom stereocenters. The second-order valence-corrected chi connectivity index (χ2v) is 5.26. The van der Waals surface area contributed by atoms with Crippen molar-refractivity contribution in [3.63, 3.8) is 0 Å². The molecule has 0 amide bonds. The van der Waals surface area contributed by atoms with E-state index in [1.165, 1.54) is 12.3 Å². The number of aryl methyl sites for hydroxylation is 1. The molecule has 1 aromatic heterocycles. The van der Waals surface area contributed by atoms with Gasteiger partial charge in [0, 0.05) is 6.20 Å². The van der Waals surface area contributed by atoms with Crippen LogP contribution in [-0.2, 0) is 4.74 Å². The van der Waals surface area contributed by atoms with Crippen LogP contribution in [0.1, 0.15) is 25.2 Å². The summed E-state index contributed by atoms with van der Waals surface area (Å²) in [5, 5.41) is 14.6. The summed E-state index contributed by atoms with van der Waals surface area (Å²) >= 11 is 5.21. The quantitative estimate of drug-likeness (QED) is 0.453. The minimum absolute atomic E-state index is 0.129. The van der Waals surface area contributed by atoms with Gasteiger partial charge in [-0.3, -0.25) is 10.1 Å². The Morgan fingerprint density at radius 3 is 2.76 bits per heavy atom. The molecule has 1 aromatic carbocycles. The minimum Gasteiger partial charge on any atom is -0.494 e. The van der Waals surface area contributed by atoms with E-state index in [-0.39, 0.29) is 16.4 Å². The molecule has 2 aromatic rings. The number of ether oxygens (including phenoxy) is 2. The fourth-order valence-corrected chi connectivity index (χ4v) is 2.34. The van der Waals surface area contributed by atoms with Crippen molar-refractivity contribution in [3.05, 3.63) is 45.9 Å². The molecule has 0 saturated heterocycles. The van der Waals surface area contributed by atoms with Gasteiger partial charge < -0.3 is 14.8 Å². The van der Waals surface area contributed by atoms with Gasteiger partial charge in [0.25, 0.3) is 5.69 Å². The number of anilines is 2. The van der Waals surface area contributed by atoms with Gasteiger partial charge in [0.15, 0.2) is 5.05 Å². The average Bonchev–Trinajstić information content (AvgIpc) is 2.56. The molecule has 0 bridgehead atoms. The first kappa shape index (κ1) is 18.5. The van der Waals surface area contributed by atoms with Crippen molar-refractivity contribution in [3.8, 4) is 5.75 Å². The monoisotopic (exact) mass is 362 g/mol. The van der Waals surface area contributed by atoms with E-state index in [2.05, 4.69) is 15.3 Å². The third-order valence-corrected chi connectivity index (χ3v) is 3.47. The summed E-state index contributed by atoms with van der Waals surface area (Å²) in [5.41, 5.74) is 0.605. The molecule has 8 nitrogen and oxygen atoms in total. The van der Waals surface area contributed by atoms with Gasteiger partial charge in [-0.05, 0) is 45.1 Å². The summed E-state index contributed by atoms with van der Waals surface area (Å²) in [4.78, 5) is 19.3. The highest BCUT2D eigenvalue weighted by Crippen LogP contribution is 2.32. The first-order chi connectivity index (χ1) is 12.0. The number of rotatable bonds is 7. The van der Waals surface area contributed by atoms with Gasteiger partial charge in [0.2, 0.25) is 0 Å². The maximum absolute atomic E-state index is 11.4. The first-order valence-electron chi connectivity index (χ1n) is 7.65. The van der Waals surface area contributed by atoms with Crippen molar-refractivity contribution in [2.24, 2.45) is 0 Å². The highest BCUT2D eigenvalue weighted by atomic mass is 32.1. The van der Waals surface area contributed by atoms with Crippen LogP contribution < -0.4 is 10.1 Å². The zero-order chi connectivity index (χ0) is 18.4. The van der Waals surface area contributed by atoms with Gasteiger partial charge in [-0.2, -0.15) is 0 Å². The molecule has 1 N–H and O–H groups in total. The Balaban J connectivity index is 2.43. The Morgan fingerprint density at radius 2 is 2.12 bits per heavy atom. The molecule has 0 fully saturated rings. The van der Waals surface area contributed by atoms with Crippen LogP contribution in [0.2, 0.25) is 0 Å². The minimum atomic E-state index is -0.487. The zero-order valence-electron chi connectivity index (χ0n) is 14.1. The van der Waals surface area contributed by atoms with Gasteiger partial charge in [0.05, 0.1) is 29.8 Å². The van der Waals surface area contributed by atoms with Crippen molar-refractivity contribution in [1.29, 1.82) is 0 Å². The molecule has 2 rings (SSSR count). The number of nitrogens with zero attached hydrogens (tertiary/aromatic N) is 3. The van der Waals surface area contributed by atoms with E-state index in [9.17, 15) is 10.1 Å². The second-order valence-electron chi connectivity index (χ2n) is 4.89. The molecule has 25 heavy (non-hydrogen) atoms. The summed E-state index contributed by atoms with van der Waals surface area (Å²) in [6.45, 7) is 6.15. The lowest BCUT2D eigenvalue weighted by Crippen LogP contribution is -2.10. The number of nitro groups is 1. The second kappa shape index (κ2) is 8.34. The van der Waals surface area contributed by atoms with Crippen LogP contribution in [0.25, 0.3) is 0 Å². The molecule has 1 heterocycles. The number of nitrogens with one attached hydrogen (secondary N) is 1. The van der Waals surface area contributed by atoms with Crippen LogP contribution in [0.3, 0.4) is 0 Å². The smallest absolute Gasteiger partial charge is 0.296 e. The van der Waals surface area contributed by atoms with Crippen LogP contribution in [0, 0.1) is 17.0 Å². The Kier molecular flexibility index (Phi) is 6.18. The highest BCUT2D eigenvalue weighted by Gasteiger charge is 2.19. The van der Waals surface area contributed by atoms with Gasteiger partial charge >= 0.3 is 0 Å². The largest absolute Gasteiger partial charge is 0.494 e. The maximum atomic E-state index is 11.4. The number of hydrogen-bond acceptors (Lipinski definition) is 8. The molecular weight excluding hydrogens is 344 g/mol. The lowest BCUT2D eigenvalue weighted by atomic mass is 10.2. The number of thiocarbonyl (C=S) groups is 1. The van der Waals surface area contributed by atoms with E-state index in [1.54, 1.807) is 19.1 Å². The summed E-state index contributed by atoms with van der Waals surface area (Å²) in [6, 6.07) is 4.57. The summed E-state index contributed by atoms with van der Waals surface area (Å²) < 4.78 is 10.6. The Labute approximate surface area is 150 Å². The van der Waals surface area contributed by atoms with Crippen LogP contribution in [-0.4, -0.2) is 33.2 Å². The van der Waals surface area contributed by atoms with Crippen LogP contribution in [0.15, 0.2) is 24.4 Å². The Morgan fingerprint density at radius 1 is 1.36 bits per heavy atom. The molecular formula is C16H18N4O4S. The van der Waals surface area contributed by atoms with E-state index in [4.69, 9.17) is 21.7 Å². The molecule has 9 heteroatoms. The molecule has 0 unspecified atom stereocenters. The van der Waals surface area contributed by atoms with Crippen molar-refractivity contribution in [2.75, 3.05) is 18.5 Å². The lowest BCUT2D eigenvalue weighted by Gasteiger charge is -2.13. The number of hydrogen-bond donors (Lipinski definition) is 1. The van der Waals surface area contributed by atoms with Crippen molar-refractivity contribution < 1.29 is 14.4 Å². The average molecular weight is 362 g/mol. The fraction of sp³-hybridized carbons (Fsp3) is 0.312. The lowest BCUT2D eigenvalue weighted by molar-refractivity contribution is -0.384. The van der Waals surface area contributed by atoms with Crippen molar-refractivity contribution >= 4 is 34.5 Å². The van der Waals surface area contributed by atoms with Gasteiger partial charge in [-0.25, -0.2) is 9.97 Å². The highest BCUT2D eigenvalue weighted by molar-refractivity contribution is 7.80. The number of aromatic nitrogens is 2. The third kappa shape index (κ3) is 4.60. The van der Waals surface area contributed by atoms with E-state index >= 15 is 0 Å². The number of benzene rings is 1. The molecule has 0 aliphatic carbocycles. The van der Waals surface area contributed by atoms with E-state index in [0.29, 0.717) is 36.2 Å². The van der Waals surface area contributed by atoms with Gasteiger partial charge in [-0.1, -0.05) is 0 Å². The van der Waals surface area contributed by atoms with Crippen LogP contribution in [0.4, 0.5) is 17.2 Å². The Bertz CT molecular complexity index is 798. The predicted octanol–water partition coefficient (Wildman–Crippen LogP) is 3.55. The molecule has 0 aliphatic heterocycles. The SMILES string of the molecule is CCOC(=S)c1cnc(C)nc1Nc1ccc(OCC)cc1[N+](=O)[O-]. The maximum Gasteiger partial charge on any atom is 0.296 e. The fourth-order valence-electron chi connectivity index (χ4n) is 2.08. The summed E-state index contributed by atoms with van der Waals surface area (Å²) in [5.74, 6) is 1.26. The topological polar surface area (TPSA) is 99.4 Å². The van der Waals surface area contributed by atoms with Gasteiger partial charge in [0.1, 0.15) is 23.1 Å². The van der Waals surface area contributed by atoms with Gasteiger partial charge in [-0.15, -0.1) is 0 Å². The van der Waals surface area contributed by atoms with E-state index in [0.717, 1.165) is 0 Å². The van der Waals surface area contributed by atoms with Crippen molar-refractivity contribution in [1.82, 2.24) is 9.97 Å². The van der Waals surface area contributed by atoms with Crippen LogP contribution in [0.5, 0.6) is 5.75 Å². The molecule has 0 saturated carbocycles. The third-order valence-electron chi connectivity index (χ3n) is 3.13. The standard InChI is InChI=1S/C16H18N4O4S/c1-4-23-11-6-7-13(14(8-11)20(21)22)19-15-12(16(25)24-5-2)9-17-10(3)18-15/h6-9H,4-5H2,1-3H3,(H,17,18,19). The zero-order valence-corrected chi connectivity index (χ0v) is 14.9. The normalized spacial score (nSPS) is 10.2. The molecule has 0 spiro atoms. The van der Waals surface area contributed by atoms with E-state index in [1.807, 2.05) is 13.8 Å². The number of nitro benzene ring substituents is 1. The molecule has 0 radical (unpaired) electrons. The summed E-state index contributed by atoms with van der Waals surface area (Å²) in [6.07, 6.45) is 1.53. The molecule has 132 valence electrons. The van der Waals surface area contributed by atoms with Crippen LogP contribution >= 0.6 is 12.2 Å². The first-order valence-corrected chi connectivity index (χ1v) is 8.06. The summed E-state index contributed by atoms with van der Waals surface area (Å²) in [7, 11) is 0. The predicted molar refractivity (Wildman–Crippen MR) is 97.6 cm³/mol. The van der Waals surface area contributed by atoms with E-state index < -0.39 is 4.92 Å². The Hall–Kier alpha value is -2.81. The van der Waals surface area contributed by atoms with Crippen molar-refractivity contribution in [2.45, 2.75) is 20.8 Å². The molecule has 0 aliphatic rings.